The molecule has 2 fully saturated rings. The lowest BCUT2D eigenvalue weighted by atomic mass is 10.0. The number of hydrogen-bond donors (Lipinski definition) is 3. The lowest BCUT2D eigenvalue weighted by Gasteiger charge is -2.30. The molecule has 214 valence electrons. The van der Waals surface area contributed by atoms with Crippen LogP contribution in [0.2, 0.25) is 0 Å². The molecule has 3 rings (SSSR count). The van der Waals surface area contributed by atoms with Gasteiger partial charge in [-0.3, -0.25) is 19.1 Å². The number of nitrogens with one attached hydrogen (secondary N) is 3. The first-order chi connectivity index (χ1) is 17.8. The van der Waals surface area contributed by atoms with E-state index in [0.717, 1.165) is 19.3 Å². The third-order valence-electron chi connectivity index (χ3n) is 7.05. The summed E-state index contributed by atoms with van der Waals surface area (Å²) in [5, 5.41) is 5.50. The van der Waals surface area contributed by atoms with E-state index >= 15 is 0 Å². The first-order valence-corrected chi connectivity index (χ1v) is 15.3. The Morgan fingerprint density at radius 1 is 1.16 bits per heavy atom. The minimum Gasteiger partial charge on any atom is -0.444 e. The van der Waals surface area contributed by atoms with Gasteiger partial charge in [-0.25, -0.2) is 13.2 Å². The molecule has 0 spiro atoms. The van der Waals surface area contributed by atoms with Crippen LogP contribution in [-0.2, 0) is 29.1 Å². The van der Waals surface area contributed by atoms with Crippen LogP contribution < -0.4 is 15.4 Å². The summed E-state index contributed by atoms with van der Waals surface area (Å²) in [6.07, 6.45) is 8.30. The van der Waals surface area contributed by atoms with E-state index in [2.05, 4.69) is 15.4 Å². The standard InChI is InChI=1S/C26H42N4O7S/c1-5-16-38(35,36)29-23(33)26-17-18(26)12-9-7-6-8-10-13-19(27-24(34)37-25(2,3)4)22(32)30-15-11-14-20(30)21(31)28-26/h9,12,18-20H,5-8,10-11,13-17H2,1-4H3,(H,27,34)(H,28,31)(H,29,33)/b12-9-/t18-,19-,20-,26+/m0/s1. The quantitative estimate of drug-likeness (QED) is 0.440. The molecule has 0 aromatic rings. The highest BCUT2D eigenvalue weighted by atomic mass is 32.2. The average Bonchev–Trinajstić information content (AvgIpc) is 3.26. The Kier molecular flexibility index (Phi) is 9.48. The minimum absolute atomic E-state index is 0.194. The third kappa shape index (κ3) is 7.70. The normalized spacial score (nSPS) is 29.6. The van der Waals surface area contributed by atoms with Crippen molar-refractivity contribution in [3.05, 3.63) is 12.2 Å². The van der Waals surface area contributed by atoms with Crippen molar-refractivity contribution in [3.63, 3.8) is 0 Å². The number of ether oxygens (including phenoxy) is 1. The van der Waals surface area contributed by atoms with Crippen molar-refractivity contribution < 1.29 is 32.3 Å². The number of rotatable bonds is 5. The van der Waals surface area contributed by atoms with Crippen LogP contribution in [-0.4, -0.2) is 72.7 Å². The van der Waals surface area contributed by atoms with Gasteiger partial charge in [0.05, 0.1) is 5.75 Å². The maximum atomic E-state index is 13.6. The Hall–Kier alpha value is -2.63. The van der Waals surface area contributed by atoms with Crippen LogP contribution in [0.5, 0.6) is 0 Å². The largest absolute Gasteiger partial charge is 0.444 e. The van der Waals surface area contributed by atoms with Crippen LogP contribution in [0.25, 0.3) is 0 Å². The molecular formula is C26H42N4O7S. The molecule has 0 aromatic carbocycles. The first kappa shape index (κ1) is 29.9. The summed E-state index contributed by atoms with van der Waals surface area (Å²) in [7, 11) is -3.82. The van der Waals surface area contributed by atoms with Crippen molar-refractivity contribution in [1.82, 2.24) is 20.3 Å². The number of carbonyl (C=O) groups is 4. The molecule has 12 heteroatoms. The van der Waals surface area contributed by atoms with Crippen molar-refractivity contribution in [2.75, 3.05) is 12.3 Å². The average molecular weight is 555 g/mol. The summed E-state index contributed by atoms with van der Waals surface area (Å²) in [4.78, 5) is 54.2. The Balaban J connectivity index is 1.83. The van der Waals surface area contributed by atoms with Gasteiger partial charge >= 0.3 is 6.09 Å². The lowest BCUT2D eigenvalue weighted by Crippen LogP contribution is -2.58. The van der Waals surface area contributed by atoms with Crippen LogP contribution in [0.4, 0.5) is 4.79 Å². The van der Waals surface area contributed by atoms with Gasteiger partial charge in [-0.15, -0.1) is 0 Å². The number of allylic oxidation sites excluding steroid dienone is 1. The predicted molar refractivity (Wildman–Crippen MR) is 141 cm³/mol. The first-order valence-electron chi connectivity index (χ1n) is 13.6. The second-order valence-corrected chi connectivity index (χ2v) is 13.3. The molecule has 2 heterocycles. The molecule has 0 unspecified atom stereocenters. The van der Waals surface area contributed by atoms with Crippen molar-refractivity contribution >= 4 is 33.8 Å². The van der Waals surface area contributed by atoms with Gasteiger partial charge in [0.15, 0.2) is 0 Å². The van der Waals surface area contributed by atoms with Gasteiger partial charge in [0.25, 0.3) is 5.91 Å². The molecule has 0 radical (unpaired) electrons. The minimum atomic E-state index is -3.82. The number of fused-ring (bicyclic) bond motifs is 2. The summed E-state index contributed by atoms with van der Waals surface area (Å²) >= 11 is 0. The molecule has 0 bridgehead atoms. The van der Waals surface area contributed by atoms with Gasteiger partial charge < -0.3 is 20.3 Å². The van der Waals surface area contributed by atoms with E-state index in [4.69, 9.17) is 4.74 Å². The van der Waals surface area contributed by atoms with Gasteiger partial charge in [-0.05, 0) is 65.7 Å². The fraction of sp³-hybridized carbons (Fsp3) is 0.769. The Labute approximate surface area is 225 Å². The summed E-state index contributed by atoms with van der Waals surface area (Å²) in [5.41, 5.74) is -2.10. The zero-order valence-corrected chi connectivity index (χ0v) is 23.7. The fourth-order valence-electron chi connectivity index (χ4n) is 5.10. The molecular weight excluding hydrogens is 512 g/mol. The Morgan fingerprint density at radius 3 is 2.58 bits per heavy atom. The van der Waals surface area contributed by atoms with Crippen LogP contribution in [0.3, 0.4) is 0 Å². The Bertz CT molecular complexity index is 1050. The van der Waals surface area contributed by atoms with Gasteiger partial charge in [0, 0.05) is 12.5 Å². The van der Waals surface area contributed by atoms with E-state index in [1.165, 1.54) is 4.90 Å². The second-order valence-electron chi connectivity index (χ2n) is 11.5. The Morgan fingerprint density at radius 2 is 1.89 bits per heavy atom. The van der Waals surface area contributed by atoms with Gasteiger partial charge in [-0.2, -0.15) is 0 Å². The van der Waals surface area contributed by atoms with Crippen molar-refractivity contribution in [2.45, 2.75) is 109 Å². The van der Waals surface area contributed by atoms with E-state index in [1.807, 2.05) is 12.2 Å². The highest BCUT2D eigenvalue weighted by Crippen LogP contribution is 2.45. The van der Waals surface area contributed by atoms with Crippen LogP contribution in [0, 0.1) is 5.92 Å². The maximum absolute atomic E-state index is 13.6. The van der Waals surface area contributed by atoms with E-state index in [9.17, 15) is 27.6 Å². The number of amides is 4. The molecule has 11 nitrogen and oxygen atoms in total. The van der Waals surface area contributed by atoms with Gasteiger partial charge in [-0.1, -0.05) is 31.9 Å². The summed E-state index contributed by atoms with van der Waals surface area (Å²) in [6, 6.07) is -1.67. The summed E-state index contributed by atoms with van der Waals surface area (Å²) in [5.74, 6) is -2.14. The van der Waals surface area contributed by atoms with Crippen molar-refractivity contribution in [3.8, 4) is 0 Å². The highest BCUT2D eigenvalue weighted by molar-refractivity contribution is 7.90. The molecule has 4 atom stereocenters. The molecule has 1 aliphatic carbocycles. The lowest BCUT2D eigenvalue weighted by molar-refractivity contribution is -0.141. The highest BCUT2D eigenvalue weighted by Gasteiger charge is 2.61. The third-order valence-corrected chi connectivity index (χ3v) is 8.49. The number of hydrogen-bond acceptors (Lipinski definition) is 7. The molecule has 2 aliphatic heterocycles. The summed E-state index contributed by atoms with van der Waals surface area (Å²) in [6.45, 7) is 7.27. The fourth-order valence-corrected chi connectivity index (χ4v) is 6.20. The molecule has 4 amide bonds. The van der Waals surface area contributed by atoms with Crippen LogP contribution in [0.15, 0.2) is 12.2 Å². The number of nitrogens with zero attached hydrogens (tertiary/aromatic N) is 1. The molecule has 3 N–H and O–H groups in total. The molecule has 0 aromatic heterocycles. The van der Waals surface area contributed by atoms with Gasteiger partial charge in [0.1, 0.15) is 23.2 Å². The zero-order valence-electron chi connectivity index (χ0n) is 22.9. The monoisotopic (exact) mass is 554 g/mol. The van der Waals surface area contributed by atoms with Crippen LogP contribution >= 0.6 is 0 Å². The zero-order chi connectivity index (χ0) is 28.1. The number of carbonyl (C=O) groups excluding carboxylic acids is 4. The number of alkyl carbamates (subject to hydrolysis) is 1. The SMILES string of the molecule is CCCS(=O)(=O)NC(=O)[C@@]12C[C@@H]1/C=C\CCCCC[C@H](NC(=O)OC(C)(C)C)C(=O)N1CCC[C@H]1C(=O)N2. The molecule has 1 saturated carbocycles. The molecule has 38 heavy (non-hydrogen) atoms. The molecule has 1 saturated heterocycles. The summed E-state index contributed by atoms with van der Waals surface area (Å²) < 4.78 is 32.1. The predicted octanol–water partition coefficient (Wildman–Crippen LogP) is 2.12. The topological polar surface area (TPSA) is 151 Å². The van der Waals surface area contributed by atoms with E-state index < -0.39 is 51.2 Å². The van der Waals surface area contributed by atoms with Crippen molar-refractivity contribution in [1.29, 1.82) is 0 Å². The number of sulfonamides is 1. The van der Waals surface area contributed by atoms with Crippen LogP contribution in [0.1, 0.15) is 85.5 Å². The van der Waals surface area contributed by atoms with E-state index in [-0.39, 0.29) is 24.0 Å². The van der Waals surface area contributed by atoms with Gasteiger partial charge in [0.2, 0.25) is 21.8 Å². The second kappa shape index (κ2) is 12.0. The smallest absolute Gasteiger partial charge is 0.408 e. The van der Waals surface area contributed by atoms with E-state index in [0.29, 0.717) is 38.6 Å². The van der Waals surface area contributed by atoms with E-state index in [1.54, 1.807) is 27.7 Å². The maximum Gasteiger partial charge on any atom is 0.408 e. The molecule has 3 aliphatic rings. The van der Waals surface area contributed by atoms with Crippen molar-refractivity contribution in [2.24, 2.45) is 5.92 Å².